The smallest absolute Gasteiger partial charge is 0.253 e. The first-order valence-corrected chi connectivity index (χ1v) is 8.36. The number of methoxy groups -OCH3 is 1. The van der Waals surface area contributed by atoms with Crippen LogP contribution in [-0.2, 0) is 6.54 Å². The summed E-state index contributed by atoms with van der Waals surface area (Å²) in [4.78, 5) is 12.6. The van der Waals surface area contributed by atoms with E-state index < -0.39 is 5.82 Å². The number of benzene rings is 2. The zero-order valence-electron chi connectivity index (χ0n) is 15.2. The molecule has 0 fully saturated rings. The van der Waals surface area contributed by atoms with Gasteiger partial charge in [-0.2, -0.15) is 0 Å². The van der Waals surface area contributed by atoms with E-state index in [2.05, 4.69) is 24.5 Å². The molecule has 0 unspecified atom stereocenters. The maximum Gasteiger partial charge on any atom is 0.253 e. The Kier molecular flexibility index (Phi) is 6.39. The van der Waals surface area contributed by atoms with E-state index in [9.17, 15) is 9.18 Å². The largest absolute Gasteiger partial charge is 0.494 e. The van der Waals surface area contributed by atoms with Crippen LogP contribution in [-0.4, -0.2) is 19.6 Å². The number of aryl methyl sites for hydroxylation is 1. The number of carbonyl (C=O) groups is 1. The van der Waals surface area contributed by atoms with E-state index in [1.54, 1.807) is 12.1 Å². The van der Waals surface area contributed by atoms with Gasteiger partial charge in [-0.15, -0.1) is 0 Å². The summed E-state index contributed by atoms with van der Waals surface area (Å²) in [6.45, 7) is 7.16. The van der Waals surface area contributed by atoms with Gasteiger partial charge in [0.25, 0.3) is 5.91 Å². The molecule has 2 aromatic rings. The van der Waals surface area contributed by atoms with E-state index >= 15 is 0 Å². The van der Waals surface area contributed by atoms with Crippen LogP contribution >= 0.6 is 0 Å². The van der Waals surface area contributed by atoms with E-state index in [0.29, 0.717) is 17.0 Å². The van der Waals surface area contributed by atoms with Crippen molar-refractivity contribution in [3.8, 4) is 5.75 Å². The lowest BCUT2D eigenvalue weighted by molar-refractivity contribution is 0.0951. The molecule has 0 saturated heterocycles. The van der Waals surface area contributed by atoms with Crippen LogP contribution < -0.4 is 15.4 Å². The monoisotopic (exact) mass is 344 g/mol. The molecule has 0 saturated carbocycles. The SMILES string of the molecule is COc1ccc(CNC(=O)c2c(C)cccc2NCC(C)C)cc1F. The Bertz CT molecular complexity index is 744. The van der Waals surface area contributed by atoms with Gasteiger partial charge in [-0.3, -0.25) is 4.79 Å². The van der Waals surface area contributed by atoms with E-state index in [1.807, 2.05) is 25.1 Å². The van der Waals surface area contributed by atoms with Crippen LogP contribution in [0.5, 0.6) is 5.75 Å². The summed E-state index contributed by atoms with van der Waals surface area (Å²) in [5.41, 5.74) is 3.01. The summed E-state index contributed by atoms with van der Waals surface area (Å²) in [6.07, 6.45) is 0. The first kappa shape index (κ1) is 18.8. The Hall–Kier alpha value is -2.56. The second-order valence-electron chi connectivity index (χ2n) is 6.42. The fourth-order valence-corrected chi connectivity index (χ4v) is 2.52. The Balaban J connectivity index is 2.11. The van der Waals surface area contributed by atoms with E-state index in [-0.39, 0.29) is 18.2 Å². The Labute approximate surface area is 148 Å². The van der Waals surface area contributed by atoms with Crippen molar-refractivity contribution in [2.24, 2.45) is 5.92 Å². The normalized spacial score (nSPS) is 10.6. The summed E-state index contributed by atoms with van der Waals surface area (Å²) in [7, 11) is 1.42. The number of nitrogens with one attached hydrogen (secondary N) is 2. The topological polar surface area (TPSA) is 50.4 Å². The summed E-state index contributed by atoms with van der Waals surface area (Å²) in [5.74, 6) is 0.0397. The second-order valence-corrected chi connectivity index (χ2v) is 6.42. The summed E-state index contributed by atoms with van der Waals surface area (Å²) in [6, 6.07) is 10.4. The predicted octanol–water partition coefficient (Wildman–Crippen LogP) is 4.14. The highest BCUT2D eigenvalue weighted by molar-refractivity contribution is 6.01. The third kappa shape index (κ3) is 4.95. The molecule has 134 valence electrons. The lowest BCUT2D eigenvalue weighted by Crippen LogP contribution is -2.25. The molecule has 2 rings (SSSR count). The molecule has 0 bridgehead atoms. The Morgan fingerprint density at radius 3 is 2.64 bits per heavy atom. The van der Waals surface area contributed by atoms with Crippen LogP contribution in [0.2, 0.25) is 0 Å². The zero-order valence-corrected chi connectivity index (χ0v) is 15.2. The zero-order chi connectivity index (χ0) is 18.4. The lowest BCUT2D eigenvalue weighted by Gasteiger charge is -2.16. The van der Waals surface area contributed by atoms with Gasteiger partial charge >= 0.3 is 0 Å². The van der Waals surface area contributed by atoms with Crippen molar-refractivity contribution in [3.63, 3.8) is 0 Å². The molecule has 2 aromatic carbocycles. The van der Waals surface area contributed by atoms with Gasteiger partial charge in [0.1, 0.15) is 0 Å². The van der Waals surface area contributed by atoms with Crippen molar-refractivity contribution in [2.45, 2.75) is 27.3 Å². The van der Waals surface area contributed by atoms with Gasteiger partial charge in [0.2, 0.25) is 0 Å². The maximum absolute atomic E-state index is 13.8. The van der Waals surface area contributed by atoms with E-state index in [1.165, 1.54) is 13.2 Å². The molecule has 2 N–H and O–H groups in total. The number of hydrogen-bond donors (Lipinski definition) is 2. The van der Waals surface area contributed by atoms with E-state index in [4.69, 9.17) is 4.74 Å². The molecule has 0 radical (unpaired) electrons. The van der Waals surface area contributed by atoms with Crippen LogP contribution in [0.1, 0.15) is 35.3 Å². The second kappa shape index (κ2) is 8.51. The Morgan fingerprint density at radius 1 is 1.24 bits per heavy atom. The number of halogens is 1. The molecule has 0 spiro atoms. The summed E-state index contributed by atoms with van der Waals surface area (Å²) >= 11 is 0. The molecule has 1 amide bonds. The standard InChI is InChI=1S/C20H25FN2O2/c1-13(2)11-22-17-7-5-6-14(3)19(17)20(24)23-12-15-8-9-18(25-4)16(21)10-15/h5-10,13,22H,11-12H2,1-4H3,(H,23,24). The first-order chi connectivity index (χ1) is 11.9. The summed E-state index contributed by atoms with van der Waals surface area (Å²) in [5, 5.41) is 6.18. The lowest BCUT2D eigenvalue weighted by atomic mass is 10.0. The van der Waals surface area contributed by atoms with Gasteiger partial charge in [-0.1, -0.05) is 32.0 Å². The molecule has 0 aromatic heterocycles. The van der Waals surface area contributed by atoms with Gasteiger partial charge in [0.15, 0.2) is 11.6 Å². The maximum atomic E-state index is 13.8. The quantitative estimate of drug-likeness (QED) is 0.794. The van der Waals surface area contributed by atoms with Crippen LogP contribution in [0.15, 0.2) is 36.4 Å². The van der Waals surface area contributed by atoms with Gasteiger partial charge in [-0.25, -0.2) is 4.39 Å². The number of amides is 1. The molecule has 0 aliphatic heterocycles. The minimum atomic E-state index is -0.440. The van der Waals surface area contributed by atoms with Crippen molar-refractivity contribution < 1.29 is 13.9 Å². The molecule has 0 atom stereocenters. The molecule has 0 heterocycles. The number of hydrogen-bond acceptors (Lipinski definition) is 3. The number of ether oxygens (including phenoxy) is 1. The van der Waals surface area contributed by atoms with Crippen LogP contribution in [0.4, 0.5) is 10.1 Å². The molecule has 4 nitrogen and oxygen atoms in total. The molecular formula is C20H25FN2O2. The number of carbonyl (C=O) groups excluding carboxylic acids is 1. The van der Waals surface area contributed by atoms with Gasteiger partial charge in [-0.05, 0) is 42.2 Å². The fourth-order valence-electron chi connectivity index (χ4n) is 2.52. The highest BCUT2D eigenvalue weighted by atomic mass is 19.1. The van der Waals surface area contributed by atoms with Crippen LogP contribution in [0.3, 0.4) is 0 Å². The van der Waals surface area contributed by atoms with Crippen LogP contribution in [0, 0.1) is 18.7 Å². The van der Waals surface area contributed by atoms with Crippen molar-refractivity contribution >= 4 is 11.6 Å². The molecule has 25 heavy (non-hydrogen) atoms. The van der Waals surface area contributed by atoms with Crippen molar-refractivity contribution in [1.82, 2.24) is 5.32 Å². The number of rotatable bonds is 7. The molecule has 0 aliphatic rings. The third-order valence-electron chi connectivity index (χ3n) is 3.87. The van der Waals surface area contributed by atoms with Crippen molar-refractivity contribution in [1.29, 1.82) is 0 Å². The van der Waals surface area contributed by atoms with Crippen molar-refractivity contribution in [2.75, 3.05) is 19.0 Å². The van der Waals surface area contributed by atoms with Gasteiger partial charge < -0.3 is 15.4 Å². The summed E-state index contributed by atoms with van der Waals surface area (Å²) < 4.78 is 18.7. The molecule has 5 heteroatoms. The third-order valence-corrected chi connectivity index (χ3v) is 3.87. The van der Waals surface area contributed by atoms with Crippen LogP contribution in [0.25, 0.3) is 0 Å². The minimum Gasteiger partial charge on any atom is -0.494 e. The fraction of sp³-hybridized carbons (Fsp3) is 0.350. The average Bonchev–Trinajstić information content (AvgIpc) is 2.58. The molecular weight excluding hydrogens is 319 g/mol. The van der Waals surface area contributed by atoms with Gasteiger partial charge in [0.05, 0.1) is 12.7 Å². The molecule has 0 aliphatic carbocycles. The van der Waals surface area contributed by atoms with Gasteiger partial charge in [0, 0.05) is 18.8 Å². The Morgan fingerprint density at radius 2 is 2.00 bits per heavy atom. The van der Waals surface area contributed by atoms with Crippen molar-refractivity contribution in [3.05, 3.63) is 58.9 Å². The number of anilines is 1. The minimum absolute atomic E-state index is 0.180. The first-order valence-electron chi connectivity index (χ1n) is 8.36. The average molecular weight is 344 g/mol. The predicted molar refractivity (Wildman–Crippen MR) is 98.6 cm³/mol. The van der Waals surface area contributed by atoms with E-state index in [0.717, 1.165) is 17.8 Å². The highest BCUT2D eigenvalue weighted by Gasteiger charge is 2.14. The highest BCUT2D eigenvalue weighted by Crippen LogP contribution is 2.21.